The smallest absolute Gasteiger partial charge is 0.160 e. The molecule has 4 heteroatoms. The molecule has 0 fully saturated rings. The molecule has 0 heterocycles. The van der Waals surface area contributed by atoms with Gasteiger partial charge < -0.3 is 4.90 Å². The summed E-state index contributed by atoms with van der Waals surface area (Å²) in [6.45, 7) is 2.35. The molecular weight excluding hydrogens is 338 g/mol. The van der Waals surface area contributed by atoms with Gasteiger partial charge in [-0.2, -0.15) is 0 Å². The molecular formula is C16H15BrClNO. The number of hydrogen-bond donors (Lipinski definition) is 0. The van der Waals surface area contributed by atoms with Gasteiger partial charge in [-0.3, -0.25) is 4.79 Å². The quantitative estimate of drug-likeness (QED) is 0.726. The fourth-order valence-corrected chi connectivity index (χ4v) is 2.75. The highest BCUT2D eigenvalue weighted by Gasteiger charge is 2.08. The standard InChI is InChI=1S/C16H15BrClNO/c1-11(20)15-8-7-14(9-16(15)17)19(2)10-12-3-5-13(18)6-4-12/h3-9H,10H2,1-2H3. The van der Waals surface area contributed by atoms with Crippen molar-refractivity contribution in [2.24, 2.45) is 0 Å². The van der Waals surface area contributed by atoms with E-state index in [0.29, 0.717) is 5.56 Å². The van der Waals surface area contributed by atoms with Crippen molar-refractivity contribution in [2.75, 3.05) is 11.9 Å². The van der Waals surface area contributed by atoms with Crippen molar-refractivity contribution in [3.8, 4) is 0 Å². The molecule has 0 aliphatic carbocycles. The van der Waals surface area contributed by atoms with E-state index in [2.05, 4.69) is 20.8 Å². The molecule has 104 valence electrons. The molecule has 0 N–H and O–H groups in total. The van der Waals surface area contributed by atoms with Crippen molar-refractivity contribution in [1.82, 2.24) is 0 Å². The number of carbonyl (C=O) groups is 1. The van der Waals surface area contributed by atoms with Crippen LogP contribution in [-0.2, 0) is 6.54 Å². The largest absolute Gasteiger partial charge is 0.370 e. The van der Waals surface area contributed by atoms with Crippen LogP contribution < -0.4 is 4.90 Å². The minimum atomic E-state index is 0.0591. The van der Waals surface area contributed by atoms with Crippen LogP contribution in [0.1, 0.15) is 22.8 Å². The zero-order valence-electron chi connectivity index (χ0n) is 11.4. The van der Waals surface area contributed by atoms with Gasteiger partial charge >= 0.3 is 0 Å². The lowest BCUT2D eigenvalue weighted by molar-refractivity contribution is 0.101. The van der Waals surface area contributed by atoms with Crippen molar-refractivity contribution in [2.45, 2.75) is 13.5 Å². The Morgan fingerprint density at radius 3 is 2.40 bits per heavy atom. The second kappa shape index (κ2) is 6.42. The Hall–Kier alpha value is -1.32. The normalized spacial score (nSPS) is 10.4. The second-order valence-electron chi connectivity index (χ2n) is 4.70. The second-order valence-corrected chi connectivity index (χ2v) is 5.99. The molecule has 20 heavy (non-hydrogen) atoms. The van der Waals surface area contributed by atoms with Gasteiger partial charge in [0.15, 0.2) is 5.78 Å². The summed E-state index contributed by atoms with van der Waals surface area (Å²) in [6, 6.07) is 13.6. The topological polar surface area (TPSA) is 20.3 Å². The Labute approximate surface area is 132 Å². The molecule has 0 atom stereocenters. The summed E-state index contributed by atoms with van der Waals surface area (Å²) in [5.41, 5.74) is 2.94. The average Bonchev–Trinajstić information content (AvgIpc) is 2.40. The first-order valence-corrected chi connectivity index (χ1v) is 7.40. The van der Waals surface area contributed by atoms with E-state index in [9.17, 15) is 4.79 Å². The fraction of sp³-hybridized carbons (Fsp3) is 0.188. The maximum absolute atomic E-state index is 11.4. The third kappa shape index (κ3) is 3.62. The number of benzene rings is 2. The van der Waals surface area contributed by atoms with E-state index in [4.69, 9.17) is 11.6 Å². The summed E-state index contributed by atoms with van der Waals surface area (Å²) in [5.74, 6) is 0.0591. The van der Waals surface area contributed by atoms with Crippen LogP contribution in [-0.4, -0.2) is 12.8 Å². The Kier molecular flexibility index (Phi) is 4.84. The van der Waals surface area contributed by atoms with E-state index in [-0.39, 0.29) is 5.78 Å². The summed E-state index contributed by atoms with van der Waals surface area (Å²) in [4.78, 5) is 13.5. The van der Waals surface area contributed by atoms with E-state index < -0.39 is 0 Å². The molecule has 2 aromatic rings. The number of Topliss-reactive ketones (excluding diaryl/α,β-unsaturated/α-hetero) is 1. The molecule has 0 saturated heterocycles. The molecule has 0 bridgehead atoms. The maximum Gasteiger partial charge on any atom is 0.160 e. The molecule has 0 amide bonds. The highest BCUT2D eigenvalue weighted by atomic mass is 79.9. The van der Waals surface area contributed by atoms with Crippen LogP contribution in [0.2, 0.25) is 5.02 Å². The number of carbonyl (C=O) groups excluding carboxylic acids is 1. The van der Waals surface area contributed by atoms with Crippen LogP contribution in [0, 0.1) is 0 Å². The Balaban J connectivity index is 2.17. The van der Waals surface area contributed by atoms with Crippen molar-refractivity contribution in [1.29, 1.82) is 0 Å². The SMILES string of the molecule is CC(=O)c1ccc(N(C)Cc2ccc(Cl)cc2)cc1Br. The van der Waals surface area contributed by atoms with Crippen LogP contribution >= 0.6 is 27.5 Å². The first kappa shape index (κ1) is 15.1. The van der Waals surface area contributed by atoms with Gasteiger partial charge in [0.2, 0.25) is 0 Å². The van der Waals surface area contributed by atoms with E-state index in [1.807, 2.05) is 49.5 Å². The number of nitrogens with zero attached hydrogens (tertiary/aromatic N) is 1. The van der Waals surface area contributed by atoms with Gasteiger partial charge in [-0.1, -0.05) is 23.7 Å². The number of halogens is 2. The Morgan fingerprint density at radius 2 is 1.85 bits per heavy atom. The third-order valence-electron chi connectivity index (χ3n) is 3.11. The van der Waals surface area contributed by atoms with Gasteiger partial charge in [-0.05, 0) is 58.7 Å². The first-order chi connectivity index (χ1) is 9.47. The van der Waals surface area contributed by atoms with Gasteiger partial charge in [0.25, 0.3) is 0 Å². The highest BCUT2D eigenvalue weighted by molar-refractivity contribution is 9.10. The van der Waals surface area contributed by atoms with Gasteiger partial charge in [0, 0.05) is 34.3 Å². The molecule has 2 aromatic carbocycles. The molecule has 0 saturated carbocycles. The average molecular weight is 353 g/mol. The van der Waals surface area contributed by atoms with Crippen molar-refractivity contribution < 1.29 is 4.79 Å². The zero-order valence-corrected chi connectivity index (χ0v) is 13.7. The third-order valence-corrected chi connectivity index (χ3v) is 4.01. The summed E-state index contributed by atoms with van der Waals surface area (Å²) in [6.07, 6.45) is 0. The number of rotatable bonds is 4. The summed E-state index contributed by atoms with van der Waals surface area (Å²) in [5, 5.41) is 0.741. The first-order valence-electron chi connectivity index (χ1n) is 6.23. The van der Waals surface area contributed by atoms with Gasteiger partial charge in [-0.15, -0.1) is 0 Å². The van der Waals surface area contributed by atoms with Crippen molar-refractivity contribution in [3.63, 3.8) is 0 Å². The highest BCUT2D eigenvalue weighted by Crippen LogP contribution is 2.25. The van der Waals surface area contributed by atoms with Gasteiger partial charge in [0.05, 0.1) is 0 Å². The van der Waals surface area contributed by atoms with Crippen LogP contribution in [0.25, 0.3) is 0 Å². The van der Waals surface area contributed by atoms with E-state index in [1.54, 1.807) is 6.92 Å². The molecule has 2 rings (SSSR count). The van der Waals surface area contributed by atoms with Crippen molar-refractivity contribution in [3.05, 3.63) is 63.1 Å². The molecule has 0 aliphatic rings. The van der Waals surface area contributed by atoms with Crippen LogP contribution in [0.15, 0.2) is 46.9 Å². The van der Waals surface area contributed by atoms with Crippen LogP contribution in [0.5, 0.6) is 0 Å². The van der Waals surface area contributed by atoms with E-state index in [1.165, 1.54) is 5.56 Å². The van der Waals surface area contributed by atoms with Crippen molar-refractivity contribution >= 4 is 39.0 Å². The molecule has 0 unspecified atom stereocenters. The van der Waals surface area contributed by atoms with E-state index in [0.717, 1.165) is 21.7 Å². The van der Waals surface area contributed by atoms with E-state index >= 15 is 0 Å². The summed E-state index contributed by atoms with van der Waals surface area (Å²) in [7, 11) is 2.02. The minimum Gasteiger partial charge on any atom is -0.370 e. The minimum absolute atomic E-state index is 0.0591. The molecule has 0 aromatic heterocycles. The lowest BCUT2D eigenvalue weighted by Gasteiger charge is -2.20. The Bertz CT molecular complexity index is 625. The monoisotopic (exact) mass is 351 g/mol. The number of anilines is 1. The lowest BCUT2D eigenvalue weighted by Crippen LogP contribution is -2.16. The molecule has 0 aliphatic heterocycles. The maximum atomic E-state index is 11.4. The zero-order chi connectivity index (χ0) is 14.7. The predicted octanol–water partition coefficient (Wildman–Crippen LogP) is 4.94. The van der Waals surface area contributed by atoms with Crippen LogP contribution in [0.3, 0.4) is 0 Å². The molecule has 2 nitrogen and oxygen atoms in total. The summed E-state index contributed by atoms with van der Waals surface area (Å²) < 4.78 is 0.824. The molecule has 0 spiro atoms. The summed E-state index contributed by atoms with van der Waals surface area (Å²) >= 11 is 9.33. The lowest BCUT2D eigenvalue weighted by atomic mass is 10.1. The fourth-order valence-electron chi connectivity index (χ4n) is 1.98. The number of ketones is 1. The number of hydrogen-bond acceptors (Lipinski definition) is 2. The Morgan fingerprint density at radius 1 is 1.20 bits per heavy atom. The van der Waals surface area contributed by atoms with Gasteiger partial charge in [-0.25, -0.2) is 0 Å². The molecule has 0 radical (unpaired) electrons. The van der Waals surface area contributed by atoms with Crippen LogP contribution in [0.4, 0.5) is 5.69 Å². The van der Waals surface area contributed by atoms with Gasteiger partial charge in [0.1, 0.15) is 0 Å². The predicted molar refractivity (Wildman–Crippen MR) is 87.7 cm³/mol.